The van der Waals surface area contributed by atoms with Gasteiger partial charge < -0.3 is 26.2 Å². The molecule has 4 heterocycles. The van der Waals surface area contributed by atoms with Gasteiger partial charge in [-0.05, 0) is 30.7 Å². The van der Waals surface area contributed by atoms with Crippen LogP contribution >= 0.6 is 0 Å². The Morgan fingerprint density at radius 2 is 1.92 bits per heavy atom. The van der Waals surface area contributed by atoms with Crippen molar-refractivity contribution in [2.24, 2.45) is 10.7 Å². The number of benzene rings is 1. The number of likely N-dealkylation sites (tertiary alicyclic amines) is 1. The molecule has 36 heavy (non-hydrogen) atoms. The average molecular weight is 515 g/mol. The van der Waals surface area contributed by atoms with Gasteiger partial charge in [-0.1, -0.05) is 18.2 Å². The fourth-order valence-corrected chi connectivity index (χ4v) is 5.91. The third-order valence-corrected chi connectivity index (χ3v) is 8.57. The van der Waals surface area contributed by atoms with Crippen molar-refractivity contribution in [3.8, 4) is 0 Å². The lowest BCUT2D eigenvalue weighted by atomic mass is 9.80. The quantitative estimate of drug-likeness (QED) is 0.533. The Bertz CT molecular complexity index is 1350. The number of nitrogens with one attached hydrogen (secondary N) is 2. The number of fused-ring (bicyclic) bond motifs is 1. The minimum atomic E-state index is -3.07. The van der Waals surface area contributed by atoms with Crippen LogP contribution in [0.2, 0.25) is 0 Å². The second-order valence-electron chi connectivity index (χ2n) is 9.47. The van der Waals surface area contributed by atoms with E-state index in [9.17, 15) is 22.4 Å². The number of hydrogen-bond donors (Lipinski definition) is 3. The smallest absolute Gasteiger partial charge is 0.320 e. The van der Waals surface area contributed by atoms with Crippen LogP contribution in [-0.4, -0.2) is 85.3 Å². The lowest BCUT2D eigenvalue weighted by Gasteiger charge is -2.43. The van der Waals surface area contributed by atoms with Gasteiger partial charge in [0.15, 0.2) is 9.84 Å². The number of urea groups is 1. The number of amides is 3. The molecule has 4 aliphatic heterocycles. The van der Waals surface area contributed by atoms with Crippen LogP contribution in [0.1, 0.15) is 12.5 Å². The Morgan fingerprint density at radius 3 is 2.61 bits per heavy atom. The van der Waals surface area contributed by atoms with E-state index in [1.165, 1.54) is 23.2 Å². The van der Waals surface area contributed by atoms with Gasteiger partial charge in [0, 0.05) is 43.6 Å². The maximum atomic E-state index is 13.7. The first-order valence-corrected chi connectivity index (χ1v) is 13.4. The summed E-state index contributed by atoms with van der Waals surface area (Å²) in [6.07, 6.45) is 4.98. The number of carbonyl (C=O) groups excluding carboxylic acids is 2. The first-order chi connectivity index (χ1) is 17.1. The van der Waals surface area contributed by atoms with E-state index < -0.39 is 15.4 Å². The van der Waals surface area contributed by atoms with E-state index in [0.717, 1.165) is 0 Å². The minimum absolute atomic E-state index is 0.0260. The molecule has 1 atom stereocenters. The zero-order chi connectivity index (χ0) is 25.7. The van der Waals surface area contributed by atoms with Gasteiger partial charge in [0.2, 0.25) is 0 Å². The maximum absolute atomic E-state index is 13.7. The largest absolute Gasteiger partial charge is 0.385 e. The van der Waals surface area contributed by atoms with Crippen LogP contribution in [0, 0.1) is 5.82 Å². The van der Waals surface area contributed by atoms with Crippen LogP contribution in [0.15, 0.2) is 58.8 Å². The summed E-state index contributed by atoms with van der Waals surface area (Å²) in [4.78, 5) is 33.1. The SMILES string of the molecule is CC12NC(c3cccc(F)c3)=CC=C1C(C(=O)NC1CN(C(=O)N3CCS(=O)(=O)CC3)C1)=CN=C2N. The normalized spacial score (nSPS) is 25.3. The number of carbonyl (C=O) groups is 2. The Labute approximate surface area is 208 Å². The lowest BCUT2D eigenvalue weighted by molar-refractivity contribution is -0.119. The van der Waals surface area contributed by atoms with Crippen molar-refractivity contribution in [3.63, 3.8) is 0 Å². The molecule has 12 heteroatoms. The maximum Gasteiger partial charge on any atom is 0.320 e. The van der Waals surface area contributed by atoms with Crippen LogP contribution in [-0.2, 0) is 14.6 Å². The number of amidine groups is 1. The molecule has 190 valence electrons. The monoisotopic (exact) mass is 514 g/mol. The molecule has 0 spiro atoms. The van der Waals surface area contributed by atoms with E-state index in [4.69, 9.17) is 5.73 Å². The molecule has 0 aliphatic carbocycles. The average Bonchev–Trinajstić information content (AvgIpc) is 2.81. The predicted octanol–water partition coefficient (Wildman–Crippen LogP) is 0.360. The highest BCUT2D eigenvalue weighted by molar-refractivity contribution is 7.91. The van der Waals surface area contributed by atoms with Crippen molar-refractivity contribution in [1.82, 2.24) is 20.4 Å². The van der Waals surface area contributed by atoms with Crippen molar-refractivity contribution < 1.29 is 22.4 Å². The lowest BCUT2D eigenvalue weighted by Crippen LogP contribution is -2.64. The van der Waals surface area contributed by atoms with Gasteiger partial charge in [-0.25, -0.2) is 22.6 Å². The molecule has 4 aliphatic rings. The van der Waals surface area contributed by atoms with Crippen molar-refractivity contribution >= 4 is 33.3 Å². The fourth-order valence-electron chi connectivity index (χ4n) is 4.70. The highest BCUT2D eigenvalue weighted by Gasteiger charge is 2.43. The van der Waals surface area contributed by atoms with E-state index in [-0.39, 0.29) is 54.2 Å². The third kappa shape index (κ3) is 4.36. The van der Waals surface area contributed by atoms with E-state index in [0.29, 0.717) is 35.5 Å². The summed E-state index contributed by atoms with van der Waals surface area (Å²) in [5.41, 5.74) is 7.53. The molecule has 3 amide bonds. The molecular weight excluding hydrogens is 487 g/mol. The first-order valence-electron chi connectivity index (χ1n) is 11.6. The number of aliphatic imine (C=N–C) groups is 1. The van der Waals surface area contributed by atoms with E-state index in [1.54, 1.807) is 29.2 Å². The van der Waals surface area contributed by atoms with Crippen molar-refractivity contribution in [3.05, 3.63) is 65.1 Å². The van der Waals surface area contributed by atoms with Crippen LogP contribution in [0.5, 0.6) is 0 Å². The van der Waals surface area contributed by atoms with Crippen LogP contribution in [0.3, 0.4) is 0 Å². The minimum Gasteiger partial charge on any atom is -0.385 e. The van der Waals surface area contributed by atoms with E-state index >= 15 is 0 Å². The Hall–Kier alpha value is -3.67. The van der Waals surface area contributed by atoms with Crippen LogP contribution in [0.4, 0.5) is 9.18 Å². The molecule has 4 N–H and O–H groups in total. The Morgan fingerprint density at radius 1 is 1.19 bits per heavy atom. The number of sulfone groups is 1. The summed E-state index contributed by atoms with van der Waals surface area (Å²) in [7, 11) is -3.07. The summed E-state index contributed by atoms with van der Waals surface area (Å²) in [6.45, 7) is 2.86. The molecule has 5 rings (SSSR count). The first kappa shape index (κ1) is 24.0. The van der Waals surface area contributed by atoms with Gasteiger partial charge in [-0.15, -0.1) is 0 Å². The van der Waals surface area contributed by atoms with Gasteiger partial charge in [0.1, 0.15) is 17.2 Å². The van der Waals surface area contributed by atoms with Crippen molar-refractivity contribution in [1.29, 1.82) is 0 Å². The number of hydrogen-bond acceptors (Lipinski definition) is 7. The highest BCUT2D eigenvalue weighted by atomic mass is 32.2. The fraction of sp³-hybridized carbons (Fsp3) is 0.375. The summed E-state index contributed by atoms with van der Waals surface area (Å²) in [5.74, 6) is -0.479. The molecule has 0 bridgehead atoms. The second-order valence-corrected chi connectivity index (χ2v) is 11.8. The summed E-state index contributed by atoms with van der Waals surface area (Å²) >= 11 is 0. The zero-order valence-electron chi connectivity index (χ0n) is 19.7. The molecule has 0 saturated carbocycles. The molecule has 1 unspecified atom stereocenters. The van der Waals surface area contributed by atoms with E-state index in [2.05, 4.69) is 15.6 Å². The Kier molecular flexibility index (Phi) is 5.86. The van der Waals surface area contributed by atoms with Crippen molar-refractivity contribution in [2.75, 3.05) is 37.7 Å². The molecule has 2 fully saturated rings. The van der Waals surface area contributed by atoms with Gasteiger partial charge in [0.05, 0.1) is 23.1 Å². The van der Waals surface area contributed by atoms with Crippen LogP contribution in [0.25, 0.3) is 5.70 Å². The second kappa shape index (κ2) is 8.77. The number of nitrogens with two attached hydrogens (primary N) is 1. The third-order valence-electron chi connectivity index (χ3n) is 6.96. The predicted molar refractivity (Wildman–Crippen MR) is 133 cm³/mol. The topological polar surface area (TPSA) is 137 Å². The molecule has 2 saturated heterocycles. The molecular formula is C24H27FN6O4S. The molecule has 0 radical (unpaired) electrons. The molecule has 10 nitrogen and oxygen atoms in total. The van der Waals surface area contributed by atoms with Gasteiger partial charge in [0.25, 0.3) is 5.91 Å². The summed E-state index contributed by atoms with van der Waals surface area (Å²) < 4.78 is 36.9. The number of dihydropyridines is 1. The van der Waals surface area contributed by atoms with Gasteiger partial charge in [-0.3, -0.25) is 4.79 Å². The molecule has 1 aromatic rings. The van der Waals surface area contributed by atoms with Crippen molar-refractivity contribution in [2.45, 2.75) is 18.5 Å². The zero-order valence-corrected chi connectivity index (χ0v) is 20.5. The number of halogens is 1. The number of nitrogens with zero attached hydrogens (tertiary/aromatic N) is 3. The molecule has 0 aromatic heterocycles. The standard InChI is InChI=1S/C24H27FN6O4S/c1-24-19(5-6-20(29-24)15-3-2-4-16(25)11-15)18(12-27-22(24)26)21(32)28-17-13-31(14-17)23(33)30-7-9-36(34,35)10-8-30/h2-6,11-12,17,29H,7-10,13-14H2,1H3,(H2,26,27)(H,28,32). The Balaban J connectivity index is 1.25. The number of allylic oxidation sites excluding steroid dienone is 2. The summed E-state index contributed by atoms with van der Waals surface area (Å²) in [5, 5.41) is 6.24. The highest BCUT2D eigenvalue weighted by Crippen LogP contribution is 2.34. The van der Waals surface area contributed by atoms with Gasteiger partial charge >= 0.3 is 6.03 Å². The van der Waals surface area contributed by atoms with Gasteiger partial charge in [-0.2, -0.15) is 0 Å². The van der Waals surface area contributed by atoms with E-state index in [1.807, 2.05) is 6.92 Å². The molecule has 1 aromatic carbocycles. The number of rotatable bonds is 3. The van der Waals surface area contributed by atoms with Crippen LogP contribution < -0.4 is 16.4 Å². The summed E-state index contributed by atoms with van der Waals surface area (Å²) in [6, 6.07) is 5.71.